The number of hydrogen-bond acceptors (Lipinski definition) is 12. The number of carbonyl (C=O) groups excluding carboxylic acids is 1. The number of rotatable bonds is 20. The molecule has 0 fully saturated rings. The van der Waals surface area contributed by atoms with E-state index in [1.54, 1.807) is 20.5 Å². The van der Waals surface area contributed by atoms with Crippen molar-refractivity contribution in [3.8, 4) is 17.2 Å². The summed E-state index contributed by atoms with van der Waals surface area (Å²) in [6.07, 6.45) is 9.17. The second-order valence-corrected chi connectivity index (χ2v) is 16.6. The summed E-state index contributed by atoms with van der Waals surface area (Å²) in [6.45, 7) is 1.91. The zero-order valence-corrected chi connectivity index (χ0v) is 39.7. The number of nitrogens with one attached hydrogen (secondary N) is 1. The molecule has 4 heterocycles. The minimum Gasteiger partial charge on any atom is -0.497 e. The van der Waals surface area contributed by atoms with Crippen molar-refractivity contribution in [2.24, 2.45) is 0 Å². The van der Waals surface area contributed by atoms with E-state index in [4.69, 9.17) is 40.8 Å². The van der Waals surface area contributed by atoms with Crippen LogP contribution in [0, 0.1) is 0 Å². The molecule has 0 unspecified atom stereocenters. The first kappa shape index (κ1) is 47.6. The van der Waals surface area contributed by atoms with Crippen molar-refractivity contribution in [1.29, 1.82) is 0 Å². The highest BCUT2D eigenvalue weighted by Gasteiger charge is 2.16. The molecule has 14 nitrogen and oxygen atoms in total. The van der Waals surface area contributed by atoms with Crippen LogP contribution in [0.25, 0.3) is 22.3 Å². The van der Waals surface area contributed by atoms with E-state index < -0.39 is 0 Å². The van der Waals surface area contributed by atoms with Crippen LogP contribution in [0.1, 0.15) is 65.7 Å². The van der Waals surface area contributed by atoms with Crippen LogP contribution in [0.4, 0.5) is 11.6 Å². The van der Waals surface area contributed by atoms with Gasteiger partial charge in [-0.2, -0.15) is 9.97 Å². The highest BCUT2D eigenvalue weighted by molar-refractivity contribution is 6.28. The fourth-order valence-corrected chi connectivity index (χ4v) is 7.91. The number of carbonyl (C=O) groups is 1. The Morgan fingerprint density at radius 1 is 0.551 bits per heavy atom. The first-order valence-corrected chi connectivity index (χ1v) is 23.2. The van der Waals surface area contributed by atoms with E-state index in [0.29, 0.717) is 44.9 Å². The van der Waals surface area contributed by atoms with Crippen LogP contribution < -0.4 is 19.5 Å². The van der Waals surface area contributed by atoms with Gasteiger partial charge in [0.2, 0.25) is 11.2 Å². The summed E-state index contributed by atoms with van der Waals surface area (Å²) >= 11 is 6.18. The van der Waals surface area contributed by atoms with Crippen LogP contribution in [0.2, 0.25) is 5.28 Å². The molecular weight excluding hydrogens is 890 g/mol. The molecule has 352 valence electrons. The summed E-state index contributed by atoms with van der Waals surface area (Å²) in [6, 6.07) is 44.2. The molecule has 0 radical (unpaired) electrons. The number of halogens is 1. The number of nitrogens with zero attached hydrogens (tertiary/aromatic N) is 8. The van der Waals surface area contributed by atoms with Gasteiger partial charge in [-0.25, -0.2) is 19.9 Å². The smallest absolute Gasteiger partial charge is 0.305 e. The van der Waals surface area contributed by atoms with Crippen LogP contribution in [-0.4, -0.2) is 72.9 Å². The van der Waals surface area contributed by atoms with E-state index in [1.807, 2.05) is 125 Å². The molecule has 4 aromatic heterocycles. The summed E-state index contributed by atoms with van der Waals surface area (Å²) < 4.78 is 25.1. The largest absolute Gasteiger partial charge is 0.497 e. The van der Waals surface area contributed by atoms with Gasteiger partial charge >= 0.3 is 5.97 Å². The quantitative estimate of drug-likeness (QED) is 0.0439. The van der Waals surface area contributed by atoms with Gasteiger partial charge in [0, 0.05) is 24.9 Å². The number of fused-ring (bicyclic) bond motifs is 2. The van der Waals surface area contributed by atoms with Gasteiger partial charge in [0.15, 0.2) is 11.3 Å². The second kappa shape index (κ2) is 23.7. The van der Waals surface area contributed by atoms with Gasteiger partial charge in [-0.15, -0.1) is 0 Å². The predicted octanol–water partition coefficient (Wildman–Crippen LogP) is 10.8. The molecule has 9 rings (SSSR count). The molecule has 69 heavy (non-hydrogen) atoms. The molecule has 0 amide bonds. The van der Waals surface area contributed by atoms with E-state index in [0.717, 1.165) is 105 Å². The zero-order chi connectivity index (χ0) is 47.8. The van der Waals surface area contributed by atoms with Gasteiger partial charge in [-0.05, 0) is 95.2 Å². The van der Waals surface area contributed by atoms with Crippen molar-refractivity contribution >= 4 is 51.5 Å². The van der Waals surface area contributed by atoms with E-state index in [9.17, 15) is 4.79 Å². The first-order valence-electron chi connectivity index (χ1n) is 22.8. The fourth-order valence-electron chi connectivity index (χ4n) is 7.72. The van der Waals surface area contributed by atoms with Crippen LogP contribution in [-0.2, 0) is 35.5 Å². The summed E-state index contributed by atoms with van der Waals surface area (Å²) in [5.41, 5.74) is 10.2. The molecule has 0 saturated carbocycles. The van der Waals surface area contributed by atoms with Crippen LogP contribution in [0.5, 0.6) is 17.2 Å². The van der Waals surface area contributed by atoms with Gasteiger partial charge in [-0.3, -0.25) is 4.79 Å². The highest BCUT2D eigenvalue weighted by atomic mass is 35.5. The lowest BCUT2D eigenvalue weighted by Crippen LogP contribution is -2.06. The molecule has 15 heteroatoms. The van der Waals surface area contributed by atoms with Gasteiger partial charge < -0.3 is 33.4 Å². The van der Waals surface area contributed by atoms with Crippen molar-refractivity contribution < 1.29 is 23.7 Å². The number of benzene rings is 5. The number of esters is 1. The number of hydrogen-bond donors (Lipinski definition) is 1. The van der Waals surface area contributed by atoms with Crippen LogP contribution in [0.3, 0.4) is 0 Å². The summed E-state index contributed by atoms with van der Waals surface area (Å²) in [5.74, 6) is 2.82. The maximum atomic E-state index is 11.2. The van der Waals surface area contributed by atoms with Crippen molar-refractivity contribution in [1.82, 2.24) is 39.0 Å². The van der Waals surface area contributed by atoms with Gasteiger partial charge in [0.25, 0.3) is 0 Å². The summed E-state index contributed by atoms with van der Waals surface area (Å²) in [7, 11) is 4.75. The lowest BCUT2D eigenvalue weighted by molar-refractivity contribution is -0.140. The number of unbranched alkanes of at least 4 members (excludes halogenated alkanes) is 3. The van der Waals surface area contributed by atoms with Crippen molar-refractivity contribution in [2.45, 2.75) is 58.0 Å². The van der Waals surface area contributed by atoms with Gasteiger partial charge in [0.05, 0.1) is 65.1 Å². The molecule has 0 aliphatic carbocycles. The molecule has 9 aromatic rings. The third-order valence-corrected chi connectivity index (χ3v) is 11.5. The van der Waals surface area contributed by atoms with E-state index in [-0.39, 0.29) is 11.3 Å². The molecule has 0 bridgehead atoms. The molecule has 0 saturated heterocycles. The standard InChI is InChI=1S/C34H37N5O4.C20H17ClN4O/c1-41-28-17-13-26(14-18-28)23-39-24-35-32-30(22-25-10-6-5-7-11-25)37-34(38-33(32)39)36-27-15-19-29(20-16-27)43-21-9-4-3-8-12-31(40)42-2;1-26-16-9-7-15(8-10-16)12-25-13-22-18-17(23-20(21)24-19(18)25)11-14-5-3-2-4-6-14/h5-7,10-11,13-20,24H,3-4,8-9,12,21-23H2,1-2H3,(H,36,37,38);2-10,13H,11-12H2,1H3. The Balaban J connectivity index is 0.000000210. The molecule has 0 aliphatic heterocycles. The number of anilines is 2. The number of aromatic nitrogens is 8. The normalized spacial score (nSPS) is 11.0. The maximum absolute atomic E-state index is 11.2. The SMILES string of the molecule is COC(=O)CCCCCCOc1ccc(Nc2nc(Cc3ccccc3)c3ncn(Cc4ccc(OC)cc4)c3n2)cc1.COc1ccc(Cn2cnc3c(Cc4ccccc4)nc(Cl)nc32)cc1. The van der Waals surface area contributed by atoms with E-state index in [1.165, 1.54) is 7.11 Å². The third-order valence-electron chi connectivity index (χ3n) is 11.4. The maximum Gasteiger partial charge on any atom is 0.305 e. The average Bonchev–Trinajstić information content (AvgIpc) is 3.98. The Labute approximate surface area is 406 Å². The molecule has 5 aromatic carbocycles. The monoisotopic (exact) mass is 943 g/mol. The Bertz CT molecular complexity index is 3040. The van der Waals surface area contributed by atoms with E-state index >= 15 is 0 Å². The molecule has 0 atom stereocenters. The summed E-state index contributed by atoms with van der Waals surface area (Å²) in [5, 5.41) is 3.61. The molecular formula is C54H54ClN9O5. The number of imidazole rings is 2. The van der Waals surface area contributed by atoms with Gasteiger partial charge in [0.1, 0.15) is 28.3 Å². The molecule has 1 N–H and O–H groups in total. The van der Waals surface area contributed by atoms with Crippen LogP contribution in [0.15, 0.2) is 146 Å². The Morgan fingerprint density at radius 2 is 1.06 bits per heavy atom. The lowest BCUT2D eigenvalue weighted by atomic mass is 10.1. The first-order chi connectivity index (χ1) is 33.8. The minimum atomic E-state index is -0.151. The summed E-state index contributed by atoms with van der Waals surface area (Å²) in [4.78, 5) is 39.0. The Kier molecular flexibility index (Phi) is 16.4. The molecule has 0 aliphatic rings. The zero-order valence-electron chi connectivity index (χ0n) is 38.9. The topological polar surface area (TPSA) is 153 Å². The van der Waals surface area contributed by atoms with Gasteiger partial charge in [-0.1, -0.05) is 97.8 Å². The molecule has 0 spiro atoms. The van der Waals surface area contributed by atoms with Crippen LogP contribution >= 0.6 is 11.6 Å². The average molecular weight is 945 g/mol. The van der Waals surface area contributed by atoms with Crippen molar-refractivity contribution in [3.05, 3.63) is 185 Å². The second-order valence-electron chi connectivity index (χ2n) is 16.3. The van der Waals surface area contributed by atoms with Crippen molar-refractivity contribution in [3.63, 3.8) is 0 Å². The van der Waals surface area contributed by atoms with E-state index in [2.05, 4.69) is 49.3 Å². The lowest BCUT2D eigenvalue weighted by Gasteiger charge is -2.11. The number of methoxy groups -OCH3 is 3. The minimum absolute atomic E-state index is 0.151. The number of ether oxygens (including phenoxy) is 4. The Morgan fingerprint density at radius 3 is 1.59 bits per heavy atom. The van der Waals surface area contributed by atoms with Crippen molar-refractivity contribution in [2.75, 3.05) is 33.3 Å². The highest BCUT2D eigenvalue weighted by Crippen LogP contribution is 2.26. The Hall–Kier alpha value is -7.84. The predicted molar refractivity (Wildman–Crippen MR) is 269 cm³/mol. The fraction of sp³-hybridized carbons (Fsp3) is 0.241. The third kappa shape index (κ3) is 13.2.